The third-order valence-electron chi connectivity index (χ3n) is 3.76. The summed E-state index contributed by atoms with van der Waals surface area (Å²) in [6.07, 6.45) is 0. The van der Waals surface area contributed by atoms with Gasteiger partial charge in [-0.1, -0.05) is 18.2 Å². The quantitative estimate of drug-likeness (QED) is 0.688. The lowest BCUT2D eigenvalue weighted by Crippen LogP contribution is -2.04. The highest BCUT2D eigenvalue weighted by Crippen LogP contribution is 2.24. The number of benzene rings is 2. The summed E-state index contributed by atoms with van der Waals surface area (Å²) in [6, 6.07) is 11.3. The van der Waals surface area contributed by atoms with E-state index in [1.807, 2.05) is 39.0 Å². The lowest BCUT2D eigenvalue weighted by Gasteiger charge is -2.13. The summed E-state index contributed by atoms with van der Waals surface area (Å²) in [6.45, 7) is 5.85. The first-order valence-electron chi connectivity index (χ1n) is 7.83. The average molecular weight is 340 g/mol. The second-order valence-electron chi connectivity index (χ2n) is 5.86. The fourth-order valence-corrected chi connectivity index (χ4v) is 2.53. The molecule has 2 aromatic carbocycles. The zero-order chi connectivity index (χ0) is 18.0. The Kier molecular flexibility index (Phi) is 4.61. The lowest BCUT2D eigenvalue weighted by molar-refractivity contribution is 0.509. The first-order chi connectivity index (χ1) is 11.9. The zero-order valence-electron chi connectivity index (χ0n) is 14.2. The fourth-order valence-electron chi connectivity index (χ4n) is 2.53. The largest absolute Gasteiger partial charge is 0.340 e. The summed E-state index contributed by atoms with van der Waals surface area (Å²) in [5.74, 6) is -0.874. The monoisotopic (exact) mass is 340 g/mol. The molecule has 1 aromatic heterocycles. The van der Waals surface area contributed by atoms with E-state index >= 15 is 0 Å². The van der Waals surface area contributed by atoms with Gasteiger partial charge in [0.2, 0.25) is 5.95 Å². The summed E-state index contributed by atoms with van der Waals surface area (Å²) in [7, 11) is 0. The van der Waals surface area contributed by atoms with Crippen molar-refractivity contribution in [1.82, 2.24) is 9.97 Å². The number of aryl methyl sites for hydroxylation is 3. The molecule has 0 saturated heterocycles. The average Bonchev–Trinajstić information content (AvgIpc) is 2.54. The second-order valence-corrected chi connectivity index (χ2v) is 5.86. The van der Waals surface area contributed by atoms with Crippen LogP contribution in [-0.4, -0.2) is 9.97 Å². The highest BCUT2D eigenvalue weighted by atomic mass is 19.2. The van der Waals surface area contributed by atoms with E-state index in [-0.39, 0.29) is 0 Å². The van der Waals surface area contributed by atoms with E-state index in [4.69, 9.17) is 0 Å². The van der Waals surface area contributed by atoms with Gasteiger partial charge in [0.25, 0.3) is 0 Å². The van der Waals surface area contributed by atoms with Crippen LogP contribution in [0.15, 0.2) is 42.5 Å². The Morgan fingerprint density at radius 2 is 1.52 bits per heavy atom. The topological polar surface area (TPSA) is 49.8 Å². The molecule has 3 aromatic rings. The molecular weight excluding hydrogens is 322 g/mol. The van der Waals surface area contributed by atoms with Crippen LogP contribution < -0.4 is 10.6 Å². The van der Waals surface area contributed by atoms with Crippen molar-refractivity contribution in [3.05, 3.63) is 70.9 Å². The number of rotatable bonds is 4. The van der Waals surface area contributed by atoms with Crippen molar-refractivity contribution in [2.45, 2.75) is 20.8 Å². The van der Waals surface area contributed by atoms with E-state index in [9.17, 15) is 8.78 Å². The highest BCUT2D eigenvalue weighted by molar-refractivity contribution is 5.64. The third-order valence-corrected chi connectivity index (χ3v) is 3.76. The van der Waals surface area contributed by atoms with Crippen molar-refractivity contribution in [1.29, 1.82) is 0 Å². The molecule has 0 aliphatic rings. The van der Waals surface area contributed by atoms with Crippen molar-refractivity contribution in [3.63, 3.8) is 0 Å². The molecule has 4 nitrogen and oxygen atoms in total. The Bertz CT molecular complexity index is 905. The van der Waals surface area contributed by atoms with Crippen molar-refractivity contribution < 1.29 is 8.78 Å². The molecule has 0 atom stereocenters. The van der Waals surface area contributed by atoms with Crippen LogP contribution in [0.4, 0.5) is 31.9 Å². The summed E-state index contributed by atoms with van der Waals surface area (Å²) in [5.41, 5.74) is 4.27. The Morgan fingerprint density at radius 1 is 0.800 bits per heavy atom. The minimum Gasteiger partial charge on any atom is -0.340 e. The van der Waals surface area contributed by atoms with Crippen molar-refractivity contribution in [2.24, 2.45) is 0 Å². The molecule has 0 amide bonds. The van der Waals surface area contributed by atoms with Crippen molar-refractivity contribution in [2.75, 3.05) is 10.6 Å². The third kappa shape index (κ3) is 3.91. The second kappa shape index (κ2) is 6.84. The fraction of sp³-hybridized carbons (Fsp3) is 0.158. The Hall–Kier alpha value is -3.02. The summed E-state index contributed by atoms with van der Waals surface area (Å²) in [4.78, 5) is 8.80. The van der Waals surface area contributed by atoms with Crippen LogP contribution in [0.25, 0.3) is 0 Å². The van der Waals surface area contributed by atoms with Gasteiger partial charge in [0.15, 0.2) is 11.6 Å². The molecule has 2 N–H and O–H groups in total. The molecule has 0 unspecified atom stereocenters. The number of aromatic nitrogens is 2. The number of nitrogens with one attached hydrogen (secondary N) is 2. The molecule has 1 heterocycles. The predicted octanol–water partition coefficient (Wildman–Crippen LogP) is 5.17. The number of hydrogen-bond donors (Lipinski definition) is 2. The molecule has 128 valence electrons. The van der Waals surface area contributed by atoms with Gasteiger partial charge in [-0.05, 0) is 44.0 Å². The highest BCUT2D eigenvalue weighted by Gasteiger charge is 2.08. The van der Waals surface area contributed by atoms with E-state index in [0.717, 1.165) is 34.6 Å². The van der Waals surface area contributed by atoms with E-state index in [0.29, 0.717) is 17.5 Å². The van der Waals surface area contributed by atoms with Crippen LogP contribution in [0.1, 0.15) is 16.8 Å². The number of hydrogen-bond acceptors (Lipinski definition) is 4. The van der Waals surface area contributed by atoms with E-state index in [1.54, 1.807) is 6.07 Å². The van der Waals surface area contributed by atoms with Crippen molar-refractivity contribution in [3.8, 4) is 0 Å². The minimum absolute atomic E-state index is 0.412. The lowest BCUT2D eigenvalue weighted by atomic mass is 10.1. The van der Waals surface area contributed by atoms with Gasteiger partial charge in [-0.3, -0.25) is 0 Å². The summed E-state index contributed by atoms with van der Waals surface area (Å²) in [5, 5.41) is 6.20. The maximum absolute atomic E-state index is 13.4. The van der Waals surface area contributed by atoms with Gasteiger partial charge < -0.3 is 10.6 Å². The number of nitrogens with zero attached hydrogens (tertiary/aromatic N) is 2. The molecule has 6 heteroatoms. The van der Waals surface area contributed by atoms with Crippen LogP contribution in [0.5, 0.6) is 0 Å². The standard InChI is InChI=1S/C19H18F2N4/c1-11-5-4-6-12(2)18(11)25-19-22-13(3)9-17(24-19)23-14-7-8-15(20)16(21)10-14/h4-10H,1-3H3,(H2,22,23,24,25). The van der Waals surface area contributed by atoms with Gasteiger partial charge in [0, 0.05) is 29.2 Å². The molecule has 0 aliphatic heterocycles. The molecular formula is C19H18F2N4. The SMILES string of the molecule is Cc1cc(Nc2ccc(F)c(F)c2)nc(Nc2c(C)cccc2C)n1. The van der Waals surface area contributed by atoms with Gasteiger partial charge in [-0.15, -0.1) is 0 Å². The van der Waals surface area contributed by atoms with Gasteiger partial charge in [0.1, 0.15) is 5.82 Å². The first kappa shape index (κ1) is 16.8. The van der Waals surface area contributed by atoms with E-state index in [1.165, 1.54) is 6.07 Å². The Balaban J connectivity index is 1.89. The molecule has 0 spiro atoms. The summed E-state index contributed by atoms with van der Waals surface area (Å²) < 4.78 is 26.4. The summed E-state index contributed by atoms with van der Waals surface area (Å²) >= 11 is 0. The van der Waals surface area contributed by atoms with Gasteiger partial charge in [-0.2, -0.15) is 4.98 Å². The maximum atomic E-state index is 13.4. The van der Waals surface area contributed by atoms with Crippen LogP contribution in [0.2, 0.25) is 0 Å². The van der Waals surface area contributed by atoms with E-state index in [2.05, 4.69) is 20.6 Å². The van der Waals surface area contributed by atoms with E-state index < -0.39 is 11.6 Å². The Labute approximate surface area is 145 Å². The van der Waals surface area contributed by atoms with Crippen LogP contribution >= 0.6 is 0 Å². The molecule has 3 rings (SSSR count). The van der Waals surface area contributed by atoms with Crippen LogP contribution in [-0.2, 0) is 0 Å². The van der Waals surface area contributed by atoms with Crippen LogP contribution in [0, 0.1) is 32.4 Å². The van der Waals surface area contributed by atoms with Gasteiger partial charge in [0.05, 0.1) is 0 Å². The smallest absolute Gasteiger partial charge is 0.229 e. The number of halogens is 2. The first-order valence-corrected chi connectivity index (χ1v) is 7.83. The van der Waals surface area contributed by atoms with Gasteiger partial charge in [-0.25, -0.2) is 13.8 Å². The molecule has 0 saturated carbocycles. The molecule has 0 bridgehead atoms. The Morgan fingerprint density at radius 3 is 2.20 bits per heavy atom. The number of anilines is 4. The molecule has 0 aliphatic carbocycles. The van der Waals surface area contributed by atoms with Crippen molar-refractivity contribution >= 4 is 23.1 Å². The maximum Gasteiger partial charge on any atom is 0.229 e. The minimum atomic E-state index is -0.912. The zero-order valence-corrected chi connectivity index (χ0v) is 14.2. The molecule has 0 radical (unpaired) electrons. The number of para-hydroxylation sites is 1. The molecule has 0 fully saturated rings. The van der Waals surface area contributed by atoms with Gasteiger partial charge >= 0.3 is 0 Å². The van der Waals surface area contributed by atoms with Crippen LogP contribution in [0.3, 0.4) is 0 Å². The predicted molar refractivity (Wildman–Crippen MR) is 95.6 cm³/mol. The normalized spacial score (nSPS) is 10.6. The molecule has 25 heavy (non-hydrogen) atoms.